The first-order valence-electron chi connectivity index (χ1n) is 8.20. The van der Waals surface area contributed by atoms with Crippen LogP contribution in [0.3, 0.4) is 0 Å². The van der Waals surface area contributed by atoms with Crippen molar-refractivity contribution in [3.63, 3.8) is 0 Å². The lowest BCUT2D eigenvalue weighted by molar-refractivity contribution is -0.141. The molecule has 1 saturated heterocycles. The van der Waals surface area contributed by atoms with Gasteiger partial charge in [0.2, 0.25) is 5.88 Å². The lowest BCUT2D eigenvalue weighted by Crippen LogP contribution is -2.35. The number of hydrogen-bond acceptors (Lipinski definition) is 5. The first-order chi connectivity index (χ1) is 11.9. The molecule has 1 aliphatic heterocycles. The van der Waals surface area contributed by atoms with Crippen molar-refractivity contribution in [3.05, 3.63) is 41.7 Å². The van der Waals surface area contributed by atoms with E-state index in [0.717, 1.165) is 44.2 Å². The van der Waals surface area contributed by atoms with Crippen LogP contribution in [0.4, 0.5) is 13.2 Å². The maximum absolute atomic E-state index is 12.7. The van der Waals surface area contributed by atoms with Crippen molar-refractivity contribution in [1.29, 1.82) is 0 Å². The Hall–Kier alpha value is -2.09. The van der Waals surface area contributed by atoms with Crippen LogP contribution >= 0.6 is 0 Å². The second-order valence-electron chi connectivity index (χ2n) is 6.25. The molecule has 5 nitrogen and oxygen atoms in total. The minimum atomic E-state index is -4.45. The first kappa shape index (κ1) is 17.7. The van der Waals surface area contributed by atoms with Crippen LogP contribution in [0.25, 0.3) is 0 Å². The van der Waals surface area contributed by atoms with Crippen molar-refractivity contribution in [2.24, 2.45) is 5.92 Å². The Morgan fingerprint density at radius 3 is 2.64 bits per heavy atom. The normalized spacial score (nSPS) is 17.0. The number of pyridine rings is 1. The smallest absolute Gasteiger partial charge is 0.433 e. The predicted molar refractivity (Wildman–Crippen MR) is 84.0 cm³/mol. The van der Waals surface area contributed by atoms with Crippen molar-refractivity contribution in [2.45, 2.75) is 32.5 Å². The zero-order valence-electron chi connectivity index (χ0n) is 13.9. The van der Waals surface area contributed by atoms with E-state index in [1.165, 1.54) is 12.1 Å². The Bertz CT molecular complexity index is 694. The summed E-state index contributed by atoms with van der Waals surface area (Å²) in [6.07, 6.45) is -0.931. The number of likely N-dealkylation sites (tertiary alicyclic amines) is 1. The number of halogens is 3. The van der Waals surface area contributed by atoms with Crippen molar-refractivity contribution in [3.8, 4) is 5.88 Å². The minimum absolute atomic E-state index is 0.0235. The molecule has 0 bridgehead atoms. The molecule has 2 aromatic rings. The number of aromatic nitrogens is 2. The number of alkyl halides is 3. The average Bonchev–Trinajstić information content (AvgIpc) is 2.99. The van der Waals surface area contributed by atoms with Gasteiger partial charge in [0.25, 0.3) is 0 Å². The van der Waals surface area contributed by atoms with Crippen LogP contribution in [0.15, 0.2) is 28.9 Å². The number of ether oxygens (including phenoxy) is 1. The Morgan fingerprint density at radius 2 is 2.00 bits per heavy atom. The van der Waals surface area contributed by atoms with Gasteiger partial charge in [0, 0.05) is 19.5 Å². The molecule has 0 amide bonds. The summed E-state index contributed by atoms with van der Waals surface area (Å²) in [4.78, 5) is 10.1. The molecule has 25 heavy (non-hydrogen) atoms. The Kier molecular flexibility index (Phi) is 5.27. The molecule has 3 heterocycles. The molecule has 0 unspecified atom stereocenters. The number of oxazole rings is 1. The van der Waals surface area contributed by atoms with E-state index in [1.54, 1.807) is 6.26 Å². The topological polar surface area (TPSA) is 51.4 Å². The third-order valence-electron chi connectivity index (χ3n) is 4.24. The highest BCUT2D eigenvalue weighted by Gasteiger charge is 2.32. The Balaban J connectivity index is 1.45. The van der Waals surface area contributed by atoms with Gasteiger partial charge in [-0.15, -0.1) is 0 Å². The Labute approximate surface area is 143 Å². The highest BCUT2D eigenvalue weighted by molar-refractivity contribution is 5.17. The molecule has 1 fully saturated rings. The van der Waals surface area contributed by atoms with Crippen LogP contribution < -0.4 is 4.74 Å². The maximum atomic E-state index is 12.7. The fourth-order valence-electron chi connectivity index (χ4n) is 2.88. The molecule has 1 aliphatic rings. The van der Waals surface area contributed by atoms with Gasteiger partial charge < -0.3 is 9.15 Å². The monoisotopic (exact) mass is 355 g/mol. The van der Waals surface area contributed by atoms with E-state index in [9.17, 15) is 13.2 Å². The molecule has 0 N–H and O–H groups in total. The molecule has 0 saturated carbocycles. The summed E-state index contributed by atoms with van der Waals surface area (Å²) in [5.74, 6) is 0.994. The molecule has 0 aliphatic carbocycles. The molecule has 0 aromatic carbocycles. The van der Waals surface area contributed by atoms with E-state index in [2.05, 4.69) is 14.9 Å². The molecule has 0 radical (unpaired) electrons. The second kappa shape index (κ2) is 7.43. The molecular formula is C17H20F3N3O2. The minimum Gasteiger partial charge on any atom is -0.477 e. The van der Waals surface area contributed by atoms with Gasteiger partial charge in [-0.1, -0.05) is 6.07 Å². The molecule has 0 atom stereocenters. The zero-order chi connectivity index (χ0) is 17.9. The summed E-state index contributed by atoms with van der Waals surface area (Å²) in [5.41, 5.74) is -0.0110. The molecule has 136 valence electrons. The van der Waals surface area contributed by atoms with Gasteiger partial charge in [-0.3, -0.25) is 4.90 Å². The van der Waals surface area contributed by atoms with Crippen molar-refractivity contribution < 1.29 is 22.3 Å². The Morgan fingerprint density at radius 1 is 1.24 bits per heavy atom. The standard InChI is InChI=1S/C17H20F3N3O2/c1-12-21-14(11-24-12)9-23-7-5-13(6-8-23)10-25-16-4-2-3-15(22-16)17(18,19)20/h2-4,11,13H,5-10H2,1H3. The summed E-state index contributed by atoms with van der Waals surface area (Å²) < 4.78 is 48.6. The average molecular weight is 355 g/mol. The van der Waals surface area contributed by atoms with Gasteiger partial charge in [0.1, 0.15) is 12.0 Å². The van der Waals surface area contributed by atoms with E-state index in [4.69, 9.17) is 9.15 Å². The lowest BCUT2D eigenvalue weighted by atomic mass is 9.98. The number of aryl methyl sites for hydroxylation is 1. The molecule has 2 aromatic heterocycles. The van der Waals surface area contributed by atoms with Gasteiger partial charge in [-0.2, -0.15) is 13.2 Å². The van der Waals surface area contributed by atoms with Crippen molar-refractivity contribution in [2.75, 3.05) is 19.7 Å². The first-order valence-corrected chi connectivity index (χ1v) is 8.20. The lowest BCUT2D eigenvalue weighted by Gasteiger charge is -2.31. The van der Waals surface area contributed by atoms with E-state index >= 15 is 0 Å². The van der Waals surface area contributed by atoms with Crippen LogP contribution in [0.1, 0.15) is 30.1 Å². The van der Waals surface area contributed by atoms with Crippen LogP contribution in [0.2, 0.25) is 0 Å². The summed E-state index contributed by atoms with van der Waals surface area (Å²) in [6, 6.07) is 3.71. The van der Waals surface area contributed by atoms with Gasteiger partial charge in [0.05, 0.1) is 12.3 Å². The van der Waals surface area contributed by atoms with Crippen LogP contribution in [0.5, 0.6) is 5.88 Å². The summed E-state index contributed by atoms with van der Waals surface area (Å²) in [6.45, 7) is 4.74. The summed E-state index contributed by atoms with van der Waals surface area (Å²) >= 11 is 0. The molecule has 3 rings (SSSR count). The van der Waals surface area contributed by atoms with Crippen molar-refractivity contribution >= 4 is 0 Å². The molecular weight excluding hydrogens is 335 g/mol. The van der Waals surface area contributed by atoms with E-state index in [-0.39, 0.29) is 5.88 Å². The largest absolute Gasteiger partial charge is 0.477 e. The quantitative estimate of drug-likeness (QED) is 0.819. The predicted octanol–water partition coefficient (Wildman–Crippen LogP) is 3.69. The zero-order valence-corrected chi connectivity index (χ0v) is 13.9. The number of piperidine rings is 1. The number of nitrogens with zero attached hydrogens (tertiary/aromatic N) is 3. The van der Waals surface area contributed by atoms with Gasteiger partial charge in [-0.25, -0.2) is 9.97 Å². The highest BCUT2D eigenvalue weighted by atomic mass is 19.4. The number of hydrogen-bond donors (Lipinski definition) is 0. The van der Waals surface area contributed by atoms with E-state index < -0.39 is 11.9 Å². The third-order valence-corrected chi connectivity index (χ3v) is 4.24. The SMILES string of the molecule is Cc1nc(CN2CCC(COc3cccc(C(F)(F)F)n3)CC2)co1. The van der Waals surface area contributed by atoms with E-state index in [1.807, 2.05) is 6.92 Å². The molecule has 8 heteroatoms. The second-order valence-corrected chi connectivity index (χ2v) is 6.25. The van der Waals surface area contributed by atoms with Crippen LogP contribution in [-0.2, 0) is 12.7 Å². The van der Waals surface area contributed by atoms with Gasteiger partial charge in [0.15, 0.2) is 5.89 Å². The summed E-state index contributed by atoms with van der Waals surface area (Å²) in [5, 5.41) is 0. The third kappa shape index (κ3) is 4.94. The van der Waals surface area contributed by atoms with Crippen LogP contribution in [0, 0.1) is 12.8 Å². The fourth-order valence-corrected chi connectivity index (χ4v) is 2.88. The van der Waals surface area contributed by atoms with Gasteiger partial charge >= 0.3 is 6.18 Å². The van der Waals surface area contributed by atoms with Crippen LogP contribution in [-0.4, -0.2) is 34.6 Å². The number of rotatable bonds is 5. The fraction of sp³-hybridized carbons (Fsp3) is 0.529. The van der Waals surface area contributed by atoms with Gasteiger partial charge in [-0.05, 0) is 37.9 Å². The molecule has 0 spiro atoms. The summed E-state index contributed by atoms with van der Waals surface area (Å²) in [7, 11) is 0. The van der Waals surface area contributed by atoms with Crippen molar-refractivity contribution in [1.82, 2.24) is 14.9 Å². The highest BCUT2D eigenvalue weighted by Crippen LogP contribution is 2.29. The maximum Gasteiger partial charge on any atom is 0.433 e. The van der Waals surface area contributed by atoms with E-state index in [0.29, 0.717) is 18.4 Å².